The molecule has 3 heteroatoms. The standard InChI is InChI=1S/C15H16BrFO/c16-14-8-7-13(17)9-12(14)10-15(18)11-5-3-1-2-4-6-11/h5,7-9H,1-4,6,10H2. The lowest BCUT2D eigenvalue weighted by molar-refractivity contribution is -0.115. The highest BCUT2D eigenvalue weighted by molar-refractivity contribution is 9.10. The van der Waals surface area contributed by atoms with Crippen LogP contribution in [0.15, 0.2) is 34.3 Å². The molecule has 18 heavy (non-hydrogen) atoms. The summed E-state index contributed by atoms with van der Waals surface area (Å²) in [6.45, 7) is 0. The number of Topliss-reactive ketones (excluding diaryl/α,β-unsaturated/α-hetero) is 1. The van der Waals surface area contributed by atoms with E-state index >= 15 is 0 Å². The highest BCUT2D eigenvalue weighted by Gasteiger charge is 2.14. The molecule has 0 saturated heterocycles. The SMILES string of the molecule is O=C(Cc1cc(F)ccc1Br)C1=CCCCCC1. The van der Waals surface area contributed by atoms with Crippen molar-refractivity contribution in [2.75, 3.05) is 0 Å². The minimum Gasteiger partial charge on any atom is -0.294 e. The van der Waals surface area contributed by atoms with E-state index in [1.807, 2.05) is 0 Å². The first-order valence-corrected chi connectivity index (χ1v) is 7.12. The van der Waals surface area contributed by atoms with Gasteiger partial charge in [0.1, 0.15) is 5.82 Å². The van der Waals surface area contributed by atoms with E-state index in [4.69, 9.17) is 0 Å². The molecule has 0 spiro atoms. The first kappa shape index (κ1) is 13.5. The van der Waals surface area contributed by atoms with Gasteiger partial charge in [0, 0.05) is 10.9 Å². The summed E-state index contributed by atoms with van der Waals surface area (Å²) in [5.41, 5.74) is 1.65. The quantitative estimate of drug-likeness (QED) is 0.798. The van der Waals surface area contributed by atoms with Gasteiger partial charge < -0.3 is 0 Å². The van der Waals surface area contributed by atoms with E-state index in [1.165, 1.54) is 25.0 Å². The topological polar surface area (TPSA) is 17.1 Å². The first-order chi connectivity index (χ1) is 8.66. The number of allylic oxidation sites excluding steroid dienone is 2. The summed E-state index contributed by atoms with van der Waals surface area (Å²) in [4.78, 5) is 12.2. The molecule has 0 radical (unpaired) electrons. The van der Waals surface area contributed by atoms with Crippen molar-refractivity contribution in [2.45, 2.75) is 38.5 Å². The Kier molecular flexibility index (Phi) is 4.70. The van der Waals surface area contributed by atoms with Gasteiger partial charge in [0.2, 0.25) is 0 Å². The van der Waals surface area contributed by atoms with Crippen LogP contribution in [-0.4, -0.2) is 5.78 Å². The Morgan fingerprint density at radius 3 is 2.94 bits per heavy atom. The molecule has 1 aliphatic carbocycles. The number of benzene rings is 1. The smallest absolute Gasteiger partial charge is 0.162 e. The monoisotopic (exact) mass is 310 g/mol. The second-order valence-electron chi connectivity index (χ2n) is 4.66. The molecule has 96 valence electrons. The van der Waals surface area contributed by atoms with Crippen LogP contribution < -0.4 is 0 Å². The van der Waals surface area contributed by atoms with Gasteiger partial charge in [-0.05, 0) is 55.0 Å². The normalized spacial score (nSPS) is 16.0. The van der Waals surface area contributed by atoms with E-state index in [1.54, 1.807) is 6.07 Å². The van der Waals surface area contributed by atoms with Crippen molar-refractivity contribution in [3.63, 3.8) is 0 Å². The van der Waals surface area contributed by atoms with E-state index in [0.29, 0.717) is 0 Å². The molecular formula is C15H16BrFO. The molecule has 0 saturated carbocycles. The van der Waals surface area contributed by atoms with Crippen molar-refractivity contribution in [1.82, 2.24) is 0 Å². The maximum atomic E-state index is 13.2. The molecular weight excluding hydrogens is 295 g/mol. The molecule has 2 rings (SSSR count). The minimum absolute atomic E-state index is 0.128. The molecule has 0 heterocycles. The van der Waals surface area contributed by atoms with Gasteiger partial charge in [-0.15, -0.1) is 0 Å². The maximum absolute atomic E-state index is 13.2. The fraction of sp³-hybridized carbons (Fsp3) is 0.400. The second kappa shape index (κ2) is 6.28. The number of carbonyl (C=O) groups excluding carboxylic acids is 1. The highest BCUT2D eigenvalue weighted by atomic mass is 79.9. The van der Waals surface area contributed by atoms with Crippen molar-refractivity contribution >= 4 is 21.7 Å². The molecule has 1 aliphatic rings. The average molecular weight is 311 g/mol. The van der Waals surface area contributed by atoms with Crippen LogP contribution in [0.3, 0.4) is 0 Å². The van der Waals surface area contributed by atoms with Crippen LogP contribution in [0.5, 0.6) is 0 Å². The van der Waals surface area contributed by atoms with E-state index in [9.17, 15) is 9.18 Å². The van der Waals surface area contributed by atoms with Crippen LogP contribution in [0.25, 0.3) is 0 Å². The average Bonchev–Trinajstić information content (AvgIpc) is 2.62. The highest BCUT2D eigenvalue weighted by Crippen LogP contribution is 2.23. The third kappa shape index (κ3) is 3.52. The zero-order chi connectivity index (χ0) is 13.0. The number of carbonyl (C=O) groups is 1. The Morgan fingerprint density at radius 1 is 1.28 bits per heavy atom. The lowest BCUT2D eigenvalue weighted by Gasteiger charge is -2.06. The Morgan fingerprint density at radius 2 is 2.11 bits per heavy atom. The van der Waals surface area contributed by atoms with E-state index in [0.717, 1.165) is 34.9 Å². The van der Waals surface area contributed by atoms with E-state index < -0.39 is 0 Å². The van der Waals surface area contributed by atoms with E-state index in [2.05, 4.69) is 22.0 Å². The molecule has 1 nitrogen and oxygen atoms in total. The zero-order valence-corrected chi connectivity index (χ0v) is 11.8. The predicted molar refractivity (Wildman–Crippen MR) is 74.0 cm³/mol. The first-order valence-electron chi connectivity index (χ1n) is 6.33. The summed E-state index contributed by atoms with van der Waals surface area (Å²) in [6.07, 6.45) is 7.64. The van der Waals surface area contributed by atoms with Crippen molar-refractivity contribution in [3.8, 4) is 0 Å². The second-order valence-corrected chi connectivity index (χ2v) is 5.52. The van der Waals surface area contributed by atoms with Crippen LogP contribution in [-0.2, 0) is 11.2 Å². The molecule has 0 N–H and O–H groups in total. The van der Waals surface area contributed by atoms with Gasteiger partial charge in [-0.25, -0.2) is 4.39 Å². The Hall–Kier alpha value is -0.960. The third-order valence-electron chi connectivity index (χ3n) is 3.26. The Bertz CT molecular complexity index is 479. The maximum Gasteiger partial charge on any atom is 0.162 e. The van der Waals surface area contributed by atoms with Gasteiger partial charge in [-0.2, -0.15) is 0 Å². The molecule has 0 aromatic heterocycles. The van der Waals surface area contributed by atoms with Gasteiger partial charge in [-0.3, -0.25) is 4.79 Å². The molecule has 0 amide bonds. The van der Waals surface area contributed by atoms with Crippen molar-refractivity contribution < 1.29 is 9.18 Å². The molecule has 1 aromatic carbocycles. The van der Waals surface area contributed by atoms with Crippen LogP contribution in [0, 0.1) is 5.82 Å². The molecule has 0 atom stereocenters. The fourth-order valence-corrected chi connectivity index (χ4v) is 2.62. The van der Waals surface area contributed by atoms with Crippen molar-refractivity contribution in [2.24, 2.45) is 0 Å². The lowest BCUT2D eigenvalue weighted by Crippen LogP contribution is -2.07. The summed E-state index contributed by atoms with van der Waals surface area (Å²) < 4.78 is 14.0. The van der Waals surface area contributed by atoms with Crippen LogP contribution >= 0.6 is 15.9 Å². The summed E-state index contributed by atoms with van der Waals surface area (Å²) in [5.74, 6) is -0.168. The van der Waals surface area contributed by atoms with Gasteiger partial charge in [0.25, 0.3) is 0 Å². The Balaban J connectivity index is 2.10. The number of hydrogen-bond donors (Lipinski definition) is 0. The lowest BCUT2D eigenvalue weighted by atomic mass is 9.99. The molecule has 0 fully saturated rings. The van der Waals surface area contributed by atoms with Gasteiger partial charge in [0.15, 0.2) is 5.78 Å². The third-order valence-corrected chi connectivity index (χ3v) is 4.03. The van der Waals surface area contributed by atoms with Gasteiger partial charge in [0.05, 0.1) is 0 Å². The van der Waals surface area contributed by atoms with Crippen LogP contribution in [0.2, 0.25) is 0 Å². The molecule has 0 aliphatic heterocycles. The van der Waals surface area contributed by atoms with Crippen LogP contribution in [0.4, 0.5) is 4.39 Å². The van der Waals surface area contributed by atoms with Crippen molar-refractivity contribution in [1.29, 1.82) is 0 Å². The van der Waals surface area contributed by atoms with Gasteiger partial charge in [-0.1, -0.05) is 28.4 Å². The summed E-state index contributed by atoms with van der Waals surface area (Å²) in [6, 6.07) is 4.47. The molecule has 0 bridgehead atoms. The molecule has 0 unspecified atom stereocenters. The largest absolute Gasteiger partial charge is 0.294 e. The summed E-state index contributed by atoms with van der Waals surface area (Å²) in [7, 11) is 0. The summed E-state index contributed by atoms with van der Waals surface area (Å²) in [5, 5.41) is 0. The molecule has 1 aromatic rings. The summed E-state index contributed by atoms with van der Waals surface area (Å²) >= 11 is 3.36. The number of rotatable bonds is 3. The number of halogens is 2. The number of hydrogen-bond acceptors (Lipinski definition) is 1. The zero-order valence-electron chi connectivity index (χ0n) is 10.2. The Labute approximate surface area is 115 Å². The van der Waals surface area contributed by atoms with Crippen molar-refractivity contribution in [3.05, 3.63) is 45.7 Å². The van der Waals surface area contributed by atoms with E-state index in [-0.39, 0.29) is 18.0 Å². The fourth-order valence-electron chi connectivity index (χ4n) is 2.23. The van der Waals surface area contributed by atoms with Gasteiger partial charge >= 0.3 is 0 Å². The van der Waals surface area contributed by atoms with Crippen LogP contribution in [0.1, 0.15) is 37.7 Å². The number of ketones is 1. The minimum atomic E-state index is -0.296. The predicted octanol–water partition coefficient (Wildman–Crippen LogP) is 4.59.